The van der Waals surface area contributed by atoms with Gasteiger partial charge in [-0.1, -0.05) is 21.9 Å². The Balaban J connectivity index is 3.24. The second-order valence-electron chi connectivity index (χ2n) is 3.12. The number of hydrogen-bond donors (Lipinski definition) is 0. The smallest absolute Gasteiger partial charge is 0.166 e. The molecule has 0 radical (unpaired) electrons. The van der Waals surface area contributed by atoms with Crippen molar-refractivity contribution in [3.05, 3.63) is 33.8 Å². The van der Waals surface area contributed by atoms with E-state index >= 15 is 0 Å². The lowest BCUT2D eigenvalue weighted by atomic mass is 10.00. The summed E-state index contributed by atoms with van der Waals surface area (Å²) in [6.07, 6.45) is 0.850. The fraction of sp³-hybridized carbons (Fsp3) is 0.273. The quantitative estimate of drug-likeness (QED) is 0.675. The first kappa shape index (κ1) is 12.1. The maximum atomic E-state index is 12.4. The molecule has 80 valence electrons. The molecule has 0 fully saturated rings. The van der Waals surface area contributed by atoms with Gasteiger partial charge in [-0.15, -0.1) is 6.42 Å². The first-order chi connectivity index (χ1) is 6.86. The van der Waals surface area contributed by atoms with Crippen molar-refractivity contribution in [3.8, 4) is 12.3 Å². The molecular weight excluding hydrogens is 269 g/mol. The van der Waals surface area contributed by atoms with Crippen LogP contribution in [0.1, 0.15) is 24.0 Å². The molecule has 1 unspecified atom stereocenters. The summed E-state index contributed by atoms with van der Waals surface area (Å²) in [6, 6.07) is 3.47. The molecule has 0 aliphatic carbocycles. The fourth-order valence-electron chi connectivity index (χ4n) is 1.14. The molecule has 0 saturated carbocycles. The first-order valence-corrected chi connectivity index (χ1v) is 4.98. The van der Waals surface area contributed by atoms with Crippen molar-refractivity contribution in [3.63, 3.8) is 0 Å². The van der Waals surface area contributed by atoms with Gasteiger partial charge in [-0.2, -0.15) is 13.2 Å². The van der Waals surface area contributed by atoms with Crippen LogP contribution in [0.25, 0.3) is 0 Å². The van der Waals surface area contributed by atoms with E-state index in [1.165, 1.54) is 6.07 Å². The molecule has 1 atom stereocenters. The van der Waals surface area contributed by atoms with E-state index in [0.717, 1.165) is 12.1 Å². The summed E-state index contributed by atoms with van der Waals surface area (Å²) >= 11 is 3.18. The standard InChI is InChI=1S/C11H8BrF3/c1-3-7(2)9-6-8(11(13,14)15)4-5-10(9)12/h1,4-7H,2H3. The molecule has 0 aliphatic heterocycles. The highest BCUT2D eigenvalue weighted by molar-refractivity contribution is 9.10. The minimum absolute atomic E-state index is 0.346. The summed E-state index contributed by atoms with van der Waals surface area (Å²) in [6.45, 7) is 1.68. The molecule has 4 heteroatoms. The van der Waals surface area contributed by atoms with Crippen molar-refractivity contribution in [1.82, 2.24) is 0 Å². The molecular formula is C11H8BrF3. The average molecular weight is 277 g/mol. The van der Waals surface area contributed by atoms with Crippen LogP contribution in [-0.4, -0.2) is 0 Å². The summed E-state index contributed by atoms with van der Waals surface area (Å²) in [5.41, 5.74) is -0.199. The lowest BCUT2D eigenvalue weighted by Gasteiger charge is -2.12. The van der Waals surface area contributed by atoms with E-state index in [2.05, 4.69) is 21.9 Å². The molecule has 0 aromatic heterocycles. The third kappa shape index (κ3) is 2.75. The van der Waals surface area contributed by atoms with Crippen LogP contribution in [-0.2, 0) is 6.18 Å². The van der Waals surface area contributed by atoms with Gasteiger partial charge in [-0.3, -0.25) is 0 Å². The molecule has 0 nitrogen and oxygen atoms in total. The van der Waals surface area contributed by atoms with Crippen LogP contribution in [0.2, 0.25) is 0 Å². The van der Waals surface area contributed by atoms with Crippen molar-refractivity contribution in [2.24, 2.45) is 0 Å². The fourth-order valence-corrected chi connectivity index (χ4v) is 1.73. The molecule has 1 aromatic carbocycles. The normalized spacial score (nSPS) is 13.3. The molecule has 1 rings (SSSR count). The van der Waals surface area contributed by atoms with Gasteiger partial charge in [0.1, 0.15) is 0 Å². The summed E-state index contributed by atoms with van der Waals surface area (Å²) in [5.74, 6) is 2.06. The van der Waals surface area contributed by atoms with Gasteiger partial charge in [0.25, 0.3) is 0 Å². The zero-order valence-electron chi connectivity index (χ0n) is 7.90. The Kier molecular flexibility index (Phi) is 3.46. The van der Waals surface area contributed by atoms with Gasteiger partial charge in [0.2, 0.25) is 0 Å². The number of benzene rings is 1. The van der Waals surface area contributed by atoms with Gasteiger partial charge in [-0.05, 0) is 30.7 Å². The largest absolute Gasteiger partial charge is 0.416 e. The molecule has 0 saturated heterocycles. The average Bonchev–Trinajstić information content (AvgIpc) is 2.15. The Morgan fingerprint density at radius 2 is 2.00 bits per heavy atom. The van der Waals surface area contributed by atoms with E-state index in [1.807, 2.05) is 0 Å². The Morgan fingerprint density at radius 3 is 2.47 bits per heavy atom. The second-order valence-corrected chi connectivity index (χ2v) is 3.98. The SMILES string of the molecule is C#CC(C)c1cc(C(F)(F)F)ccc1Br. The van der Waals surface area contributed by atoms with Crippen LogP contribution < -0.4 is 0 Å². The highest BCUT2D eigenvalue weighted by Crippen LogP contribution is 2.34. The van der Waals surface area contributed by atoms with Crippen LogP contribution in [0.15, 0.2) is 22.7 Å². The van der Waals surface area contributed by atoms with Crippen LogP contribution in [0.3, 0.4) is 0 Å². The Bertz CT molecular complexity index is 401. The summed E-state index contributed by atoms with van der Waals surface area (Å²) in [4.78, 5) is 0. The summed E-state index contributed by atoms with van der Waals surface area (Å²) < 4.78 is 37.8. The van der Waals surface area contributed by atoms with Gasteiger partial charge in [-0.25, -0.2) is 0 Å². The lowest BCUT2D eigenvalue weighted by molar-refractivity contribution is -0.137. The monoisotopic (exact) mass is 276 g/mol. The zero-order valence-corrected chi connectivity index (χ0v) is 9.48. The third-order valence-corrected chi connectivity index (χ3v) is 2.76. The van der Waals surface area contributed by atoms with Gasteiger partial charge in [0, 0.05) is 10.4 Å². The van der Waals surface area contributed by atoms with Crippen LogP contribution in [0.4, 0.5) is 13.2 Å². The van der Waals surface area contributed by atoms with E-state index in [4.69, 9.17) is 6.42 Å². The Hall–Kier alpha value is -0.950. The molecule has 1 aromatic rings. The number of halogens is 4. The summed E-state index contributed by atoms with van der Waals surface area (Å²) in [7, 11) is 0. The number of alkyl halides is 3. The topological polar surface area (TPSA) is 0 Å². The first-order valence-electron chi connectivity index (χ1n) is 4.19. The predicted octanol–water partition coefficient (Wildman–Crippen LogP) is 4.20. The Labute approximate surface area is 94.6 Å². The highest BCUT2D eigenvalue weighted by atomic mass is 79.9. The van der Waals surface area contributed by atoms with Crippen molar-refractivity contribution in [2.75, 3.05) is 0 Å². The van der Waals surface area contributed by atoms with Crippen molar-refractivity contribution in [1.29, 1.82) is 0 Å². The van der Waals surface area contributed by atoms with Crippen LogP contribution in [0, 0.1) is 12.3 Å². The molecule has 0 N–H and O–H groups in total. The maximum Gasteiger partial charge on any atom is 0.416 e. The molecule has 0 heterocycles. The third-order valence-electron chi connectivity index (χ3n) is 2.04. The van der Waals surface area contributed by atoms with Gasteiger partial charge in [0.15, 0.2) is 0 Å². The molecule has 15 heavy (non-hydrogen) atoms. The number of hydrogen-bond acceptors (Lipinski definition) is 0. The maximum absolute atomic E-state index is 12.4. The van der Waals surface area contributed by atoms with Gasteiger partial charge >= 0.3 is 6.18 Å². The van der Waals surface area contributed by atoms with E-state index in [-0.39, 0.29) is 5.92 Å². The molecule has 0 aliphatic rings. The van der Waals surface area contributed by atoms with Gasteiger partial charge < -0.3 is 0 Å². The highest BCUT2D eigenvalue weighted by Gasteiger charge is 2.31. The predicted molar refractivity (Wildman–Crippen MR) is 56.4 cm³/mol. The second kappa shape index (κ2) is 4.28. The Morgan fingerprint density at radius 1 is 1.40 bits per heavy atom. The van der Waals surface area contributed by atoms with Crippen molar-refractivity contribution < 1.29 is 13.2 Å². The van der Waals surface area contributed by atoms with E-state index in [1.54, 1.807) is 6.92 Å². The summed E-state index contributed by atoms with van der Waals surface area (Å²) in [5, 5.41) is 0. The van der Waals surface area contributed by atoms with Crippen LogP contribution in [0.5, 0.6) is 0 Å². The molecule has 0 spiro atoms. The lowest BCUT2D eigenvalue weighted by Crippen LogP contribution is -2.06. The van der Waals surface area contributed by atoms with Crippen LogP contribution >= 0.6 is 15.9 Å². The number of rotatable bonds is 1. The van der Waals surface area contributed by atoms with Gasteiger partial charge in [0.05, 0.1) is 5.56 Å². The molecule has 0 amide bonds. The minimum Gasteiger partial charge on any atom is -0.166 e. The molecule has 0 bridgehead atoms. The van der Waals surface area contributed by atoms with E-state index in [0.29, 0.717) is 10.0 Å². The van der Waals surface area contributed by atoms with Crippen molar-refractivity contribution >= 4 is 15.9 Å². The van der Waals surface area contributed by atoms with E-state index in [9.17, 15) is 13.2 Å². The zero-order chi connectivity index (χ0) is 11.6. The minimum atomic E-state index is -4.33. The van der Waals surface area contributed by atoms with E-state index < -0.39 is 11.7 Å². The van der Waals surface area contributed by atoms with Crippen molar-refractivity contribution in [2.45, 2.75) is 19.0 Å². The number of terminal acetylenes is 1.